The highest BCUT2D eigenvalue weighted by Crippen LogP contribution is 2.29. The molecule has 0 unspecified atom stereocenters. The summed E-state index contributed by atoms with van der Waals surface area (Å²) in [4.78, 5) is 17.0. The Balaban J connectivity index is 1.88. The van der Waals surface area contributed by atoms with Crippen LogP contribution in [0.25, 0.3) is 16.9 Å². The van der Waals surface area contributed by atoms with E-state index in [2.05, 4.69) is 4.98 Å². The topological polar surface area (TPSA) is 60.4 Å². The van der Waals surface area contributed by atoms with E-state index in [1.807, 2.05) is 57.6 Å². The molecule has 4 nitrogen and oxygen atoms in total. The van der Waals surface area contributed by atoms with Crippen molar-refractivity contribution in [2.24, 2.45) is 0 Å². The summed E-state index contributed by atoms with van der Waals surface area (Å²) in [6.07, 6.45) is 1.81. The minimum atomic E-state index is -0.0176. The third kappa shape index (κ3) is 2.31. The first-order valence-corrected chi connectivity index (χ1v) is 8.08. The molecule has 0 aliphatic heterocycles. The number of nitrogen functional groups attached to an aromatic ring is 1. The van der Waals surface area contributed by atoms with Crippen LogP contribution in [-0.4, -0.2) is 15.2 Å². The van der Waals surface area contributed by atoms with Crippen molar-refractivity contribution in [3.05, 3.63) is 76.6 Å². The van der Waals surface area contributed by atoms with Crippen molar-refractivity contribution in [2.75, 3.05) is 5.73 Å². The van der Waals surface area contributed by atoms with Gasteiger partial charge >= 0.3 is 0 Å². The maximum absolute atomic E-state index is 12.6. The van der Waals surface area contributed by atoms with Crippen molar-refractivity contribution in [1.29, 1.82) is 0 Å². The molecule has 3 heterocycles. The molecule has 0 atom stereocenters. The highest BCUT2D eigenvalue weighted by Gasteiger charge is 2.15. The number of carbonyl (C=O) groups is 1. The number of hydrogen-bond acceptors (Lipinski definition) is 4. The molecular weight excluding hydrogens is 306 g/mol. The van der Waals surface area contributed by atoms with Gasteiger partial charge in [0.1, 0.15) is 5.65 Å². The lowest BCUT2D eigenvalue weighted by molar-refractivity contribution is 0.103. The van der Waals surface area contributed by atoms with Gasteiger partial charge in [-0.15, -0.1) is 0 Å². The number of nitrogens with two attached hydrogens (primary N) is 1. The van der Waals surface area contributed by atoms with Crippen LogP contribution in [0.5, 0.6) is 0 Å². The normalized spacial score (nSPS) is 11.0. The number of imidazole rings is 1. The summed E-state index contributed by atoms with van der Waals surface area (Å²) in [5, 5.41) is 4.01. The quantitative estimate of drug-likeness (QED) is 0.583. The Kier molecular flexibility index (Phi) is 3.20. The first kappa shape index (κ1) is 13.7. The smallest absolute Gasteiger partial charge is 0.194 e. The molecule has 0 aliphatic rings. The van der Waals surface area contributed by atoms with Gasteiger partial charge in [-0.05, 0) is 23.6 Å². The molecule has 3 aromatic heterocycles. The Morgan fingerprint density at radius 3 is 2.61 bits per heavy atom. The molecule has 0 bridgehead atoms. The molecule has 5 heteroatoms. The van der Waals surface area contributed by atoms with Gasteiger partial charge in [0.15, 0.2) is 11.6 Å². The van der Waals surface area contributed by atoms with Gasteiger partial charge in [0.25, 0.3) is 0 Å². The number of rotatable bonds is 3. The van der Waals surface area contributed by atoms with E-state index in [4.69, 9.17) is 5.73 Å². The summed E-state index contributed by atoms with van der Waals surface area (Å²) in [5.74, 6) is 0.448. The predicted octanol–water partition coefficient (Wildman–Crippen LogP) is 3.88. The van der Waals surface area contributed by atoms with E-state index < -0.39 is 0 Å². The predicted molar refractivity (Wildman–Crippen MR) is 92.8 cm³/mol. The fourth-order valence-corrected chi connectivity index (χ4v) is 3.28. The van der Waals surface area contributed by atoms with Crippen LogP contribution in [-0.2, 0) is 0 Å². The number of fused-ring (bicyclic) bond motifs is 1. The van der Waals surface area contributed by atoms with Crippen molar-refractivity contribution in [3.63, 3.8) is 0 Å². The van der Waals surface area contributed by atoms with Gasteiger partial charge < -0.3 is 5.73 Å². The average Bonchev–Trinajstić information content (AvgIpc) is 3.20. The third-order valence-electron chi connectivity index (χ3n) is 3.74. The monoisotopic (exact) mass is 319 g/mol. The van der Waals surface area contributed by atoms with E-state index in [-0.39, 0.29) is 5.78 Å². The number of carbonyl (C=O) groups excluding carboxylic acids is 1. The molecule has 1 aromatic carbocycles. The van der Waals surface area contributed by atoms with Crippen molar-refractivity contribution in [2.45, 2.75) is 0 Å². The van der Waals surface area contributed by atoms with E-state index in [0.29, 0.717) is 16.9 Å². The molecule has 23 heavy (non-hydrogen) atoms. The lowest BCUT2D eigenvalue weighted by atomic mass is 10.1. The van der Waals surface area contributed by atoms with Crippen molar-refractivity contribution in [3.8, 4) is 11.3 Å². The third-order valence-corrected chi connectivity index (χ3v) is 4.42. The second-order valence-electron chi connectivity index (χ2n) is 5.20. The van der Waals surface area contributed by atoms with Crippen LogP contribution in [0.2, 0.25) is 0 Å². The van der Waals surface area contributed by atoms with Gasteiger partial charge in [-0.2, -0.15) is 11.3 Å². The van der Waals surface area contributed by atoms with Crippen LogP contribution in [0.3, 0.4) is 0 Å². The van der Waals surface area contributed by atoms with Gasteiger partial charge in [-0.1, -0.05) is 30.3 Å². The van der Waals surface area contributed by atoms with Crippen LogP contribution in [0.4, 0.5) is 5.82 Å². The maximum atomic E-state index is 12.6. The maximum Gasteiger partial charge on any atom is 0.194 e. The zero-order valence-electron chi connectivity index (χ0n) is 12.1. The van der Waals surface area contributed by atoms with Gasteiger partial charge in [0.05, 0.1) is 5.69 Å². The number of benzene rings is 1. The Hall–Kier alpha value is -2.92. The molecule has 0 amide bonds. The van der Waals surface area contributed by atoms with Gasteiger partial charge in [-0.3, -0.25) is 9.20 Å². The van der Waals surface area contributed by atoms with Crippen LogP contribution < -0.4 is 5.73 Å². The molecule has 4 rings (SSSR count). The summed E-state index contributed by atoms with van der Waals surface area (Å²) < 4.78 is 1.88. The fourth-order valence-electron chi connectivity index (χ4n) is 2.64. The van der Waals surface area contributed by atoms with Crippen LogP contribution in [0, 0.1) is 0 Å². The van der Waals surface area contributed by atoms with Gasteiger partial charge in [-0.25, -0.2) is 4.98 Å². The molecule has 0 fully saturated rings. The number of anilines is 1. The summed E-state index contributed by atoms with van der Waals surface area (Å²) in [6, 6.07) is 14.8. The number of nitrogens with zero attached hydrogens (tertiary/aromatic N) is 2. The Morgan fingerprint density at radius 1 is 1.04 bits per heavy atom. The highest BCUT2D eigenvalue weighted by atomic mass is 32.1. The zero-order valence-corrected chi connectivity index (χ0v) is 13.0. The van der Waals surface area contributed by atoms with Gasteiger partial charge in [0, 0.05) is 28.3 Å². The molecule has 4 aromatic rings. The number of aromatic nitrogens is 2. The van der Waals surface area contributed by atoms with Crippen LogP contribution in [0.15, 0.2) is 65.5 Å². The molecule has 0 radical (unpaired) electrons. The Morgan fingerprint density at radius 2 is 1.87 bits per heavy atom. The highest BCUT2D eigenvalue weighted by molar-refractivity contribution is 7.08. The molecule has 0 saturated carbocycles. The largest absolute Gasteiger partial charge is 0.382 e. The van der Waals surface area contributed by atoms with E-state index in [1.54, 1.807) is 23.6 Å². The summed E-state index contributed by atoms with van der Waals surface area (Å²) in [7, 11) is 0. The van der Waals surface area contributed by atoms with Crippen molar-refractivity contribution < 1.29 is 4.79 Å². The van der Waals surface area contributed by atoms with Crippen molar-refractivity contribution in [1.82, 2.24) is 9.38 Å². The minimum absolute atomic E-state index is 0.0176. The molecule has 0 aliphatic carbocycles. The number of thiophene rings is 1. The molecule has 0 saturated heterocycles. The lowest BCUT2D eigenvalue weighted by Crippen LogP contribution is -2.03. The molecule has 112 valence electrons. The summed E-state index contributed by atoms with van der Waals surface area (Å²) >= 11 is 1.60. The standard InChI is InChI=1S/C18H13N3OS/c19-18-16(14-8-9-23-11-14)21-10-13(6-7-15(21)20-18)17(22)12-4-2-1-3-5-12/h1-11H,19H2. The minimum Gasteiger partial charge on any atom is -0.382 e. The van der Waals surface area contributed by atoms with Crippen LogP contribution >= 0.6 is 11.3 Å². The lowest BCUT2D eigenvalue weighted by Gasteiger charge is -2.04. The van der Waals surface area contributed by atoms with E-state index in [0.717, 1.165) is 16.9 Å². The number of ketones is 1. The molecule has 0 spiro atoms. The molecular formula is C18H13N3OS. The summed E-state index contributed by atoms with van der Waals surface area (Å²) in [5.41, 5.74) is 9.90. The first-order chi connectivity index (χ1) is 11.2. The Labute approximate surface area is 136 Å². The Bertz CT molecular complexity index is 988. The second-order valence-corrected chi connectivity index (χ2v) is 5.98. The van der Waals surface area contributed by atoms with Crippen LogP contribution in [0.1, 0.15) is 15.9 Å². The number of hydrogen-bond donors (Lipinski definition) is 1. The SMILES string of the molecule is Nc1nc2ccc(C(=O)c3ccccc3)cn2c1-c1ccsc1. The fraction of sp³-hybridized carbons (Fsp3) is 0. The second kappa shape index (κ2) is 5.37. The van der Waals surface area contributed by atoms with E-state index >= 15 is 0 Å². The molecule has 2 N–H and O–H groups in total. The zero-order chi connectivity index (χ0) is 15.8. The van der Waals surface area contributed by atoms with E-state index in [1.165, 1.54) is 0 Å². The average molecular weight is 319 g/mol. The van der Waals surface area contributed by atoms with Gasteiger partial charge in [0.2, 0.25) is 0 Å². The van der Waals surface area contributed by atoms with Crippen molar-refractivity contribution >= 4 is 28.6 Å². The number of pyridine rings is 1. The first-order valence-electron chi connectivity index (χ1n) is 7.14. The van der Waals surface area contributed by atoms with E-state index in [9.17, 15) is 4.79 Å². The summed E-state index contributed by atoms with van der Waals surface area (Å²) in [6.45, 7) is 0.